The predicted molar refractivity (Wildman–Crippen MR) is 38.8 cm³/mol. The summed E-state index contributed by atoms with van der Waals surface area (Å²) < 4.78 is 0. The van der Waals surface area contributed by atoms with Gasteiger partial charge < -0.3 is 0 Å². The van der Waals surface area contributed by atoms with E-state index in [9.17, 15) is 0 Å². The largest absolute Gasteiger partial charge is 0.268 e. The number of nitrogens with two attached hydrogens (primary N) is 1. The average molecular weight is 126 g/mol. The Hall–Kier alpha value is -0.340. The second kappa shape index (κ2) is 2.99. The van der Waals surface area contributed by atoms with Crippen LogP contribution in [0.3, 0.4) is 0 Å². The van der Waals surface area contributed by atoms with E-state index in [1.807, 2.05) is 5.01 Å². The normalized spacial score (nSPS) is 21.8. The van der Waals surface area contributed by atoms with Gasteiger partial charge in [0, 0.05) is 13.1 Å². The van der Waals surface area contributed by atoms with Crippen molar-refractivity contribution in [3.05, 3.63) is 11.6 Å². The molecule has 1 aliphatic rings. The first kappa shape index (κ1) is 6.78. The van der Waals surface area contributed by atoms with Crippen LogP contribution in [-0.2, 0) is 0 Å². The van der Waals surface area contributed by atoms with Crippen molar-refractivity contribution in [1.29, 1.82) is 0 Å². The monoisotopic (exact) mass is 126 g/mol. The van der Waals surface area contributed by atoms with Gasteiger partial charge in [0.1, 0.15) is 0 Å². The Balaban J connectivity index is 2.40. The number of hydrogen-bond donors (Lipinski definition) is 1. The first-order valence-electron chi connectivity index (χ1n) is 3.50. The SMILES string of the molecule is CCC1=CCN(N)CC1. The van der Waals surface area contributed by atoms with Crippen molar-refractivity contribution in [3.63, 3.8) is 0 Å². The molecular formula is C7H14N2. The molecule has 1 heterocycles. The lowest BCUT2D eigenvalue weighted by Gasteiger charge is -2.20. The smallest absolute Gasteiger partial charge is 0.0312 e. The van der Waals surface area contributed by atoms with E-state index < -0.39 is 0 Å². The molecule has 1 rings (SSSR count). The molecule has 0 atom stereocenters. The van der Waals surface area contributed by atoms with Crippen LogP contribution in [0.4, 0.5) is 0 Å². The van der Waals surface area contributed by atoms with Gasteiger partial charge in [-0.15, -0.1) is 0 Å². The van der Waals surface area contributed by atoms with Crippen LogP contribution >= 0.6 is 0 Å². The Morgan fingerprint density at radius 1 is 1.78 bits per heavy atom. The summed E-state index contributed by atoms with van der Waals surface area (Å²) in [5, 5.41) is 1.85. The van der Waals surface area contributed by atoms with Gasteiger partial charge in [0.05, 0.1) is 0 Å². The van der Waals surface area contributed by atoms with Crippen LogP contribution in [0.25, 0.3) is 0 Å². The van der Waals surface area contributed by atoms with Gasteiger partial charge in [0.25, 0.3) is 0 Å². The van der Waals surface area contributed by atoms with Gasteiger partial charge >= 0.3 is 0 Å². The lowest BCUT2D eigenvalue weighted by atomic mass is 10.1. The maximum atomic E-state index is 5.54. The Bertz CT molecular complexity index is 118. The van der Waals surface area contributed by atoms with Crippen molar-refractivity contribution in [3.8, 4) is 0 Å². The highest BCUT2D eigenvalue weighted by atomic mass is 15.4. The lowest BCUT2D eigenvalue weighted by molar-refractivity contribution is 0.304. The Kier molecular flexibility index (Phi) is 2.25. The highest BCUT2D eigenvalue weighted by Gasteiger charge is 2.04. The zero-order chi connectivity index (χ0) is 6.69. The van der Waals surface area contributed by atoms with Gasteiger partial charge in [0.2, 0.25) is 0 Å². The summed E-state index contributed by atoms with van der Waals surface area (Å²) in [7, 11) is 0. The quantitative estimate of drug-likeness (QED) is 0.418. The minimum Gasteiger partial charge on any atom is -0.268 e. The number of nitrogens with zero attached hydrogens (tertiary/aromatic N) is 1. The number of hydrogen-bond acceptors (Lipinski definition) is 2. The topological polar surface area (TPSA) is 29.3 Å². The highest BCUT2D eigenvalue weighted by Crippen LogP contribution is 2.10. The molecule has 2 N–H and O–H groups in total. The van der Waals surface area contributed by atoms with E-state index in [2.05, 4.69) is 13.0 Å². The van der Waals surface area contributed by atoms with E-state index >= 15 is 0 Å². The van der Waals surface area contributed by atoms with Gasteiger partial charge in [-0.25, -0.2) is 5.01 Å². The highest BCUT2D eigenvalue weighted by molar-refractivity contribution is 5.05. The second-order valence-corrected chi connectivity index (χ2v) is 2.46. The Morgan fingerprint density at radius 2 is 2.56 bits per heavy atom. The van der Waals surface area contributed by atoms with Crippen molar-refractivity contribution in [2.75, 3.05) is 13.1 Å². The molecule has 2 heteroatoms. The molecule has 0 unspecified atom stereocenters. The maximum absolute atomic E-state index is 5.54. The van der Waals surface area contributed by atoms with E-state index in [1.54, 1.807) is 5.57 Å². The van der Waals surface area contributed by atoms with Gasteiger partial charge in [-0.3, -0.25) is 5.84 Å². The second-order valence-electron chi connectivity index (χ2n) is 2.46. The van der Waals surface area contributed by atoms with Crippen molar-refractivity contribution in [2.24, 2.45) is 5.84 Å². The summed E-state index contributed by atoms with van der Waals surface area (Å²) in [6.07, 6.45) is 4.57. The van der Waals surface area contributed by atoms with Crippen molar-refractivity contribution >= 4 is 0 Å². The minimum atomic E-state index is 0.934. The van der Waals surface area contributed by atoms with Gasteiger partial charge in [-0.05, 0) is 12.8 Å². The standard InChI is InChI=1S/C7H14N2/c1-2-7-3-5-9(8)6-4-7/h3H,2,4-6,8H2,1H3. The molecule has 0 radical (unpaired) electrons. The van der Waals surface area contributed by atoms with E-state index in [1.165, 1.54) is 6.42 Å². The van der Waals surface area contributed by atoms with Crippen molar-refractivity contribution in [2.45, 2.75) is 19.8 Å². The fraction of sp³-hybridized carbons (Fsp3) is 0.714. The average Bonchev–Trinajstić information content (AvgIpc) is 1.90. The first-order valence-corrected chi connectivity index (χ1v) is 3.50. The lowest BCUT2D eigenvalue weighted by Crippen LogP contribution is -2.34. The maximum Gasteiger partial charge on any atom is 0.0312 e. The van der Waals surface area contributed by atoms with Crippen LogP contribution in [-0.4, -0.2) is 18.1 Å². The van der Waals surface area contributed by atoms with Crippen LogP contribution in [0.2, 0.25) is 0 Å². The molecule has 9 heavy (non-hydrogen) atoms. The third kappa shape index (κ3) is 1.80. The third-order valence-corrected chi connectivity index (χ3v) is 1.79. The Labute approximate surface area is 56.3 Å². The zero-order valence-electron chi connectivity index (χ0n) is 5.93. The molecule has 0 spiro atoms. The first-order chi connectivity index (χ1) is 4.33. The van der Waals surface area contributed by atoms with Crippen LogP contribution in [0.15, 0.2) is 11.6 Å². The summed E-state index contributed by atoms with van der Waals surface area (Å²) >= 11 is 0. The molecule has 1 aliphatic heterocycles. The van der Waals surface area contributed by atoms with E-state index in [0.717, 1.165) is 19.5 Å². The molecule has 0 bridgehead atoms. The summed E-state index contributed by atoms with van der Waals surface area (Å²) in [6, 6.07) is 0. The van der Waals surface area contributed by atoms with Gasteiger partial charge in [0.15, 0.2) is 0 Å². The summed E-state index contributed by atoms with van der Waals surface area (Å²) in [6.45, 7) is 4.15. The van der Waals surface area contributed by atoms with E-state index in [4.69, 9.17) is 5.84 Å². The summed E-state index contributed by atoms with van der Waals surface area (Å²) in [5.41, 5.74) is 1.55. The van der Waals surface area contributed by atoms with Crippen molar-refractivity contribution in [1.82, 2.24) is 5.01 Å². The molecule has 0 fully saturated rings. The van der Waals surface area contributed by atoms with Crippen LogP contribution in [0, 0.1) is 0 Å². The molecule has 0 saturated heterocycles. The molecule has 0 aromatic heterocycles. The minimum absolute atomic E-state index is 0.934. The summed E-state index contributed by atoms with van der Waals surface area (Å²) in [4.78, 5) is 0. The molecule has 0 aromatic rings. The summed E-state index contributed by atoms with van der Waals surface area (Å²) in [5.74, 6) is 5.54. The van der Waals surface area contributed by atoms with Crippen LogP contribution in [0.1, 0.15) is 19.8 Å². The van der Waals surface area contributed by atoms with Crippen LogP contribution in [0.5, 0.6) is 0 Å². The van der Waals surface area contributed by atoms with E-state index in [0.29, 0.717) is 0 Å². The molecule has 0 aliphatic carbocycles. The molecule has 0 saturated carbocycles. The Morgan fingerprint density at radius 3 is 3.00 bits per heavy atom. The molecular weight excluding hydrogens is 112 g/mol. The van der Waals surface area contributed by atoms with Crippen molar-refractivity contribution < 1.29 is 0 Å². The third-order valence-electron chi connectivity index (χ3n) is 1.79. The van der Waals surface area contributed by atoms with Gasteiger partial charge in [-0.2, -0.15) is 0 Å². The molecule has 0 amide bonds. The fourth-order valence-electron chi connectivity index (χ4n) is 1.05. The fourth-order valence-corrected chi connectivity index (χ4v) is 1.05. The number of hydrazine groups is 1. The zero-order valence-corrected chi connectivity index (χ0v) is 5.93. The van der Waals surface area contributed by atoms with Gasteiger partial charge in [-0.1, -0.05) is 18.6 Å². The molecule has 2 nitrogen and oxygen atoms in total. The van der Waals surface area contributed by atoms with E-state index in [-0.39, 0.29) is 0 Å². The molecule has 52 valence electrons. The predicted octanol–water partition coefficient (Wildman–Crippen LogP) is 0.902. The molecule has 0 aromatic carbocycles. The number of rotatable bonds is 1. The van der Waals surface area contributed by atoms with Crippen LogP contribution < -0.4 is 5.84 Å².